The third-order valence-electron chi connectivity index (χ3n) is 2.41. The highest BCUT2D eigenvalue weighted by Gasteiger charge is 2.14. The zero-order valence-corrected chi connectivity index (χ0v) is 11.2. The second kappa shape index (κ2) is 5.27. The average molecular weight is 304 g/mol. The van der Waals surface area contributed by atoms with Crippen molar-refractivity contribution in [3.8, 4) is 11.1 Å². The zero-order chi connectivity index (χ0) is 13.3. The van der Waals surface area contributed by atoms with E-state index in [0.717, 1.165) is 0 Å². The molecule has 0 saturated carbocycles. The Morgan fingerprint density at radius 2 is 1.72 bits per heavy atom. The summed E-state index contributed by atoms with van der Waals surface area (Å²) in [7, 11) is 0. The molecule has 1 nitrogen and oxygen atoms in total. The van der Waals surface area contributed by atoms with E-state index in [-0.39, 0.29) is 5.56 Å². The summed E-state index contributed by atoms with van der Waals surface area (Å²) < 4.78 is 13.3. The van der Waals surface area contributed by atoms with Crippen molar-refractivity contribution < 1.29 is 9.18 Å². The number of rotatable bonds is 2. The fourth-order valence-corrected chi connectivity index (χ4v) is 2.29. The van der Waals surface area contributed by atoms with Crippen LogP contribution < -0.4 is 0 Å². The zero-order valence-electron chi connectivity index (χ0n) is 8.88. The Bertz CT molecular complexity index is 626. The van der Waals surface area contributed by atoms with E-state index in [2.05, 4.69) is 0 Å². The van der Waals surface area contributed by atoms with Gasteiger partial charge in [0.2, 0.25) is 0 Å². The lowest BCUT2D eigenvalue weighted by molar-refractivity contribution is 0.108. The summed E-state index contributed by atoms with van der Waals surface area (Å²) in [6, 6.07) is 8.45. The van der Waals surface area contributed by atoms with Crippen LogP contribution in [-0.2, 0) is 0 Å². The van der Waals surface area contributed by atoms with E-state index < -0.39 is 11.1 Å². The van der Waals surface area contributed by atoms with Gasteiger partial charge in [-0.05, 0) is 47.5 Å². The van der Waals surface area contributed by atoms with Crippen molar-refractivity contribution in [1.29, 1.82) is 0 Å². The molecule has 0 atom stereocenters. The summed E-state index contributed by atoms with van der Waals surface area (Å²) in [5, 5.41) is 0.113. The van der Waals surface area contributed by atoms with Gasteiger partial charge in [-0.15, -0.1) is 0 Å². The summed E-state index contributed by atoms with van der Waals surface area (Å²) in [5.74, 6) is -0.474. The molecule has 92 valence electrons. The maximum atomic E-state index is 13.3. The van der Waals surface area contributed by atoms with Gasteiger partial charge in [0.25, 0.3) is 5.24 Å². The van der Waals surface area contributed by atoms with Crippen LogP contribution in [0.25, 0.3) is 11.1 Å². The van der Waals surface area contributed by atoms with Crippen molar-refractivity contribution in [1.82, 2.24) is 0 Å². The number of carbonyl (C=O) groups excluding carboxylic acids is 1. The number of hydrogen-bond donors (Lipinski definition) is 0. The maximum Gasteiger partial charge on any atom is 0.253 e. The van der Waals surface area contributed by atoms with Gasteiger partial charge in [0.15, 0.2) is 0 Å². The molecule has 2 rings (SSSR count). The minimum atomic E-state index is -0.670. The van der Waals surface area contributed by atoms with Crippen molar-refractivity contribution in [2.75, 3.05) is 0 Å². The van der Waals surface area contributed by atoms with Crippen LogP contribution in [0.5, 0.6) is 0 Å². The molecule has 0 aliphatic carbocycles. The van der Waals surface area contributed by atoms with Crippen LogP contribution in [0.3, 0.4) is 0 Å². The summed E-state index contributed by atoms with van der Waals surface area (Å²) in [6.07, 6.45) is 0. The lowest BCUT2D eigenvalue weighted by Gasteiger charge is -2.09. The van der Waals surface area contributed by atoms with Gasteiger partial charge in [-0.25, -0.2) is 4.39 Å². The van der Waals surface area contributed by atoms with Crippen LogP contribution in [0.4, 0.5) is 4.39 Å². The topological polar surface area (TPSA) is 17.1 Å². The van der Waals surface area contributed by atoms with Crippen molar-refractivity contribution in [2.45, 2.75) is 0 Å². The molecule has 0 radical (unpaired) electrons. The van der Waals surface area contributed by atoms with Crippen LogP contribution in [0.15, 0.2) is 36.4 Å². The van der Waals surface area contributed by atoms with Crippen molar-refractivity contribution in [3.05, 3.63) is 57.8 Å². The van der Waals surface area contributed by atoms with Crippen LogP contribution in [0.1, 0.15) is 10.4 Å². The van der Waals surface area contributed by atoms with E-state index in [4.69, 9.17) is 34.8 Å². The molecule has 0 aromatic heterocycles. The fraction of sp³-hybridized carbons (Fsp3) is 0. The first-order chi connectivity index (χ1) is 8.49. The van der Waals surface area contributed by atoms with Gasteiger partial charge >= 0.3 is 0 Å². The fourth-order valence-electron chi connectivity index (χ4n) is 1.62. The molecular formula is C13H6Cl3FO. The number of hydrogen-bond acceptors (Lipinski definition) is 1. The second-order valence-corrected chi connectivity index (χ2v) is 4.77. The molecule has 0 N–H and O–H groups in total. The second-order valence-electron chi connectivity index (χ2n) is 3.59. The monoisotopic (exact) mass is 302 g/mol. The first-order valence-corrected chi connectivity index (χ1v) is 6.07. The van der Waals surface area contributed by atoms with E-state index in [1.165, 1.54) is 24.3 Å². The first-order valence-electron chi connectivity index (χ1n) is 4.94. The largest absolute Gasteiger partial charge is 0.276 e. The standard InChI is InChI=1S/C13H6Cl3FO/c14-7-1-3-9(12(15)5-7)11-6-8(17)2-4-10(11)13(16)18/h1-6H. The van der Waals surface area contributed by atoms with Crippen LogP contribution >= 0.6 is 34.8 Å². The van der Waals surface area contributed by atoms with E-state index >= 15 is 0 Å². The van der Waals surface area contributed by atoms with Gasteiger partial charge in [-0.2, -0.15) is 0 Å². The predicted molar refractivity (Wildman–Crippen MR) is 72.0 cm³/mol. The summed E-state index contributed by atoms with van der Waals surface area (Å²) in [5.41, 5.74) is 1.04. The highest BCUT2D eigenvalue weighted by molar-refractivity contribution is 6.68. The Morgan fingerprint density at radius 3 is 2.33 bits per heavy atom. The van der Waals surface area contributed by atoms with E-state index in [9.17, 15) is 9.18 Å². The molecule has 0 spiro atoms. The lowest BCUT2D eigenvalue weighted by atomic mass is 10.00. The quantitative estimate of drug-likeness (QED) is 0.699. The number of benzene rings is 2. The highest BCUT2D eigenvalue weighted by atomic mass is 35.5. The normalized spacial score (nSPS) is 10.4. The lowest BCUT2D eigenvalue weighted by Crippen LogP contribution is -1.95. The van der Waals surface area contributed by atoms with Crippen LogP contribution in [0.2, 0.25) is 10.0 Å². The minimum Gasteiger partial charge on any atom is -0.276 e. The average Bonchev–Trinajstić information content (AvgIpc) is 2.28. The predicted octanol–water partition coefficient (Wildman–Crippen LogP) is 5.18. The molecule has 0 fully saturated rings. The smallest absolute Gasteiger partial charge is 0.253 e. The van der Waals surface area contributed by atoms with Crippen molar-refractivity contribution in [3.63, 3.8) is 0 Å². The molecule has 2 aromatic rings. The molecule has 0 aliphatic rings. The molecule has 0 unspecified atom stereocenters. The molecule has 5 heteroatoms. The van der Waals surface area contributed by atoms with Crippen molar-refractivity contribution in [2.24, 2.45) is 0 Å². The number of carbonyl (C=O) groups is 1. The van der Waals surface area contributed by atoms with E-state index in [0.29, 0.717) is 21.2 Å². The Balaban J connectivity index is 2.69. The first kappa shape index (κ1) is 13.3. The van der Waals surface area contributed by atoms with Crippen molar-refractivity contribution >= 4 is 40.0 Å². The van der Waals surface area contributed by atoms with Gasteiger partial charge in [0.05, 0.1) is 0 Å². The van der Waals surface area contributed by atoms with Gasteiger partial charge in [-0.1, -0.05) is 29.3 Å². The summed E-state index contributed by atoms with van der Waals surface area (Å²) >= 11 is 17.3. The molecule has 0 bridgehead atoms. The Kier molecular flexibility index (Phi) is 3.91. The Morgan fingerprint density at radius 1 is 1.00 bits per heavy atom. The SMILES string of the molecule is O=C(Cl)c1ccc(F)cc1-c1ccc(Cl)cc1Cl. The summed E-state index contributed by atoms with van der Waals surface area (Å²) in [4.78, 5) is 11.3. The Labute approximate surface area is 118 Å². The van der Waals surface area contributed by atoms with Gasteiger partial charge in [0.1, 0.15) is 5.82 Å². The Hall–Kier alpha value is -1.09. The van der Waals surface area contributed by atoms with Gasteiger partial charge < -0.3 is 0 Å². The van der Waals surface area contributed by atoms with Crippen LogP contribution in [0, 0.1) is 5.82 Å². The highest BCUT2D eigenvalue weighted by Crippen LogP contribution is 2.33. The maximum absolute atomic E-state index is 13.3. The minimum absolute atomic E-state index is 0.197. The van der Waals surface area contributed by atoms with Crippen LogP contribution in [-0.4, -0.2) is 5.24 Å². The van der Waals surface area contributed by atoms with E-state index in [1.807, 2.05) is 0 Å². The summed E-state index contributed by atoms with van der Waals surface area (Å²) in [6.45, 7) is 0. The van der Waals surface area contributed by atoms with E-state index in [1.54, 1.807) is 12.1 Å². The van der Waals surface area contributed by atoms with Gasteiger partial charge in [0, 0.05) is 21.2 Å². The molecule has 0 saturated heterocycles. The third kappa shape index (κ3) is 2.66. The molecule has 0 aliphatic heterocycles. The molecule has 0 amide bonds. The number of halogens is 4. The molecule has 2 aromatic carbocycles. The van der Waals surface area contributed by atoms with Gasteiger partial charge in [-0.3, -0.25) is 4.79 Å². The third-order valence-corrected chi connectivity index (χ3v) is 3.17. The molecule has 0 heterocycles. The molecular weight excluding hydrogens is 297 g/mol. The molecule has 18 heavy (non-hydrogen) atoms.